The first-order chi connectivity index (χ1) is 18.8. The predicted octanol–water partition coefficient (Wildman–Crippen LogP) is 5.95. The van der Waals surface area contributed by atoms with E-state index in [1.165, 1.54) is 29.3 Å². The molecule has 0 aliphatic carbocycles. The predicted molar refractivity (Wildman–Crippen MR) is 157 cm³/mol. The van der Waals surface area contributed by atoms with E-state index < -0.39 is 10.0 Å². The zero-order chi connectivity index (χ0) is 27.4. The molecule has 5 rings (SSSR count). The average Bonchev–Trinajstić information content (AvgIpc) is 3.40. The maximum atomic E-state index is 13.3. The van der Waals surface area contributed by atoms with E-state index in [4.69, 9.17) is 34.0 Å². The van der Waals surface area contributed by atoms with Crippen molar-refractivity contribution in [3.8, 4) is 0 Å². The fourth-order valence-electron chi connectivity index (χ4n) is 4.13. The van der Waals surface area contributed by atoms with Gasteiger partial charge in [-0.2, -0.15) is 18.5 Å². The third-order valence-corrected chi connectivity index (χ3v) is 7.87. The van der Waals surface area contributed by atoms with E-state index in [0.29, 0.717) is 22.2 Å². The molecule has 2 N–H and O–H groups in total. The van der Waals surface area contributed by atoms with Crippen LogP contribution in [0.3, 0.4) is 0 Å². The van der Waals surface area contributed by atoms with Crippen LogP contribution >= 0.6 is 23.2 Å². The van der Waals surface area contributed by atoms with Crippen LogP contribution in [-0.2, 0) is 10.0 Å². The number of amidine groups is 1. The molecule has 0 aromatic heterocycles. The second-order valence-electron chi connectivity index (χ2n) is 8.72. The molecule has 0 saturated carbocycles. The highest BCUT2D eigenvalue weighted by Gasteiger charge is 2.32. The van der Waals surface area contributed by atoms with Gasteiger partial charge in [-0.05, 0) is 47.5 Å². The van der Waals surface area contributed by atoms with Gasteiger partial charge in [-0.15, -0.1) is 4.40 Å². The normalized spacial score (nSPS) is 16.3. The lowest BCUT2D eigenvalue weighted by molar-refractivity contribution is 0.470. The number of hydrazone groups is 1. The largest absolute Gasteiger partial charge is 0.383 e. The van der Waals surface area contributed by atoms with E-state index in [1.54, 1.807) is 24.3 Å². The van der Waals surface area contributed by atoms with Crippen molar-refractivity contribution in [2.45, 2.75) is 10.8 Å². The third kappa shape index (κ3) is 6.20. The maximum Gasteiger partial charge on any atom is 0.285 e. The SMILES string of the molecule is N/C(=N\C(=N/S(=O)(=O)c1ccc(Cl)cc1)N1C[C@H](c2ccccc2)C(c2ccc(Cl)cc2)=N1)c1ccccc1. The summed E-state index contributed by atoms with van der Waals surface area (Å²) in [7, 11) is -4.17. The number of sulfonamides is 1. The van der Waals surface area contributed by atoms with Gasteiger partial charge in [0.15, 0.2) is 0 Å². The molecule has 10 heteroatoms. The lowest BCUT2D eigenvalue weighted by Gasteiger charge is -2.16. The summed E-state index contributed by atoms with van der Waals surface area (Å²) in [6.45, 7) is 0.294. The fourth-order valence-corrected chi connectivity index (χ4v) is 5.32. The van der Waals surface area contributed by atoms with Crippen LogP contribution in [0, 0.1) is 0 Å². The smallest absolute Gasteiger partial charge is 0.285 e. The van der Waals surface area contributed by atoms with Crippen LogP contribution in [0.5, 0.6) is 0 Å². The summed E-state index contributed by atoms with van der Waals surface area (Å²) >= 11 is 12.1. The monoisotopic (exact) mass is 575 g/mol. The molecule has 1 aliphatic heterocycles. The Hall–Kier alpha value is -3.98. The summed E-state index contributed by atoms with van der Waals surface area (Å²) in [5.74, 6) is -0.243. The first kappa shape index (κ1) is 26.6. The summed E-state index contributed by atoms with van der Waals surface area (Å²) in [6.07, 6.45) is 0. The summed E-state index contributed by atoms with van der Waals surface area (Å²) < 4.78 is 30.8. The van der Waals surface area contributed by atoms with Gasteiger partial charge in [0.2, 0.25) is 0 Å². The molecule has 196 valence electrons. The van der Waals surface area contributed by atoms with E-state index >= 15 is 0 Å². The molecule has 4 aromatic rings. The van der Waals surface area contributed by atoms with E-state index in [2.05, 4.69) is 9.39 Å². The highest BCUT2D eigenvalue weighted by molar-refractivity contribution is 7.90. The minimum Gasteiger partial charge on any atom is -0.383 e. The number of hydrogen-bond donors (Lipinski definition) is 1. The maximum absolute atomic E-state index is 13.3. The Labute approximate surface area is 237 Å². The van der Waals surface area contributed by atoms with Crippen molar-refractivity contribution >= 4 is 50.7 Å². The first-order valence-electron chi connectivity index (χ1n) is 12.0. The molecule has 1 aliphatic rings. The van der Waals surface area contributed by atoms with Gasteiger partial charge in [-0.1, -0.05) is 96.0 Å². The molecule has 0 unspecified atom stereocenters. The lowest BCUT2D eigenvalue weighted by Crippen LogP contribution is -2.28. The Morgan fingerprint density at radius 3 is 2.00 bits per heavy atom. The van der Waals surface area contributed by atoms with E-state index in [0.717, 1.165) is 16.8 Å². The molecule has 4 aromatic carbocycles. The zero-order valence-corrected chi connectivity index (χ0v) is 22.9. The Bertz CT molecular complexity index is 1660. The summed E-state index contributed by atoms with van der Waals surface area (Å²) in [4.78, 5) is 4.44. The third-order valence-electron chi connectivity index (χ3n) is 6.09. The molecule has 39 heavy (non-hydrogen) atoms. The van der Waals surface area contributed by atoms with Crippen molar-refractivity contribution < 1.29 is 8.42 Å². The molecule has 0 fully saturated rings. The van der Waals surface area contributed by atoms with Gasteiger partial charge >= 0.3 is 0 Å². The Morgan fingerprint density at radius 2 is 1.38 bits per heavy atom. The van der Waals surface area contributed by atoms with Crippen molar-refractivity contribution in [2.24, 2.45) is 20.2 Å². The molecule has 0 radical (unpaired) electrons. The lowest BCUT2D eigenvalue weighted by atomic mass is 9.91. The highest BCUT2D eigenvalue weighted by atomic mass is 35.5. The molecule has 0 saturated heterocycles. The van der Waals surface area contributed by atoms with Gasteiger partial charge in [-0.25, -0.2) is 5.01 Å². The van der Waals surface area contributed by atoms with Gasteiger partial charge in [0, 0.05) is 21.5 Å². The Morgan fingerprint density at radius 1 is 0.821 bits per heavy atom. The molecule has 0 amide bonds. The van der Waals surface area contributed by atoms with E-state index in [9.17, 15) is 8.42 Å². The number of nitrogens with two attached hydrogens (primary N) is 1. The second kappa shape index (κ2) is 11.4. The molecule has 0 spiro atoms. The van der Waals surface area contributed by atoms with Gasteiger partial charge in [0.05, 0.1) is 17.2 Å². The van der Waals surface area contributed by atoms with Crippen LogP contribution in [0.15, 0.2) is 129 Å². The summed E-state index contributed by atoms with van der Waals surface area (Å²) in [5, 5.41) is 7.30. The van der Waals surface area contributed by atoms with Crippen LogP contribution in [0.1, 0.15) is 22.6 Å². The quantitative estimate of drug-likeness (QED) is 0.235. The second-order valence-corrected chi connectivity index (χ2v) is 11.2. The molecular weight excluding hydrogens is 553 g/mol. The van der Waals surface area contributed by atoms with E-state index in [1.807, 2.05) is 60.7 Å². The minimum absolute atomic E-state index is 0.0291. The van der Waals surface area contributed by atoms with Gasteiger partial charge in [0.1, 0.15) is 5.84 Å². The van der Waals surface area contributed by atoms with Crippen molar-refractivity contribution in [3.63, 3.8) is 0 Å². The standard InChI is InChI=1S/C29H23Cl2N5O2S/c30-23-13-11-21(12-14-23)27-26(20-7-3-1-4-8-20)19-36(34-27)29(33-28(32)22-9-5-2-6-10-22)35-39(37,38)25-17-15-24(31)16-18-25/h1-18,26H,19H2,(H2,32,33,35)/t26-/m1/s1. The fraction of sp³-hybridized carbons (Fsp3) is 0.0690. The molecule has 7 nitrogen and oxygen atoms in total. The minimum atomic E-state index is -4.17. The Balaban J connectivity index is 1.63. The number of aliphatic imine (C=N–C) groups is 1. The van der Waals surface area contributed by atoms with Crippen molar-refractivity contribution in [1.29, 1.82) is 0 Å². The summed E-state index contributed by atoms with van der Waals surface area (Å²) in [6, 6.07) is 32.0. The van der Waals surface area contributed by atoms with Crippen molar-refractivity contribution in [3.05, 3.63) is 136 Å². The Kier molecular flexibility index (Phi) is 7.79. The first-order valence-corrected chi connectivity index (χ1v) is 14.2. The number of halogens is 2. The highest BCUT2D eigenvalue weighted by Crippen LogP contribution is 2.30. The van der Waals surface area contributed by atoms with Gasteiger partial charge in [-0.3, -0.25) is 0 Å². The number of rotatable bonds is 5. The topological polar surface area (TPSA) is 100 Å². The molecular formula is C29H23Cl2N5O2S. The van der Waals surface area contributed by atoms with Crippen molar-refractivity contribution in [1.82, 2.24) is 5.01 Å². The molecule has 0 bridgehead atoms. The van der Waals surface area contributed by atoms with Gasteiger partial charge in [0.25, 0.3) is 16.0 Å². The summed E-state index contributed by atoms with van der Waals surface area (Å²) in [5.41, 5.74) is 9.51. The van der Waals surface area contributed by atoms with Crippen LogP contribution in [-0.4, -0.2) is 37.5 Å². The number of nitrogens with zero attached hydrogens (tertiary/aromatic N) is 4. The molecule has 1 atom stereocenters. The average molecular weight is 577 g/mol. The van der Waals surface area contributed by atoms with Crippen LogP contribution in [0.2, 0.25) is 10.0 Å². The number of benzene rings is 4. The zero-order valence-electron chi connectivity index (χ0n) is 20.5. The van der Waals surface area contributed by atoms with Crippen LogP contribution < -0.4 is 5.73 Å². The van der Waals surface area contributed by atoms with Crippen molar-refractivity contribution in [2.75, 3.05) is 6.54 Å². The number of guanidine groups is 1. The van der Waals surface area contributed by atoms with Crippen LogP contribution in [0.25, 0.3) is 0 Å². The molecule has 1 heterocycles. The van der Waals surface area contributed by atoms with Crippen LogP contribution in [0.4, 0.5) is 0 Å². The van der Waals surface area contributed by atoms with Gasteiger partial charge < -0.3 is 5.73 Å². The van der Waals surface area contributed by atoms with E-state index in [-0.39, 0.29) is 22.6 Å². The number of hydrogen-bond acceptors (Lipinski definition) is 3.